The summed E-state index contributed by atoms with van der Waals surface area (Å²) in [6.45, 7) is 2.43. The second kappa shape index (κ2) is 6.30. The molecule has 6 heteroatoms. The van der Waals surface area contributed by atoms with Gasteiger partial charge in [0.05, 0.1) is 6.54 Å². The molecule has 5 nitrogen and oxygen atoms in total. The average Bonchev–Trinajstić information content (AvgIpc) is 2.84. The van der Waals surface area contributed by atoms with E-state index in [2.05, 4.69) is 5.10 Å². The first-order valence-electron chi connectivity index (χ1n) is 7.14. The van der Waals surface area contributed by atoms with Crippen LogP contribution in [0.5, 0.6) is 11.5 Å². The molecule has 0 bridgehead atoms. The smallest absolute Gasteiger partial charge is 0.345 e. The molecule has 0 saturated heterocycles. The zero-order valence-electron chi connectivity index (χ0n) is 12.9. The zero-order chi connectivity index (χ0) is 16.4. The fourth-order valence-electron chi connectivity index (χ4n) is 2.25. The van der Waals surface area contributed by atoms with Gasteiger partial charge in [-0.3, -0.25) is 4.57 Å². The lowest BCUT2D eigenvalue weighted by atomic mass is 10.2. The lowest BCUT2D eigenvalue weighted by Crippen LogP contribution is -2.22. The molecule has 0 spiro atoms. The van der Waals surface area contributed by atoms with Gasteiger partial charge in [-0.2, -0.15) is 5.10 Å². The number of halogens is 1. The van der Waals surface area contributed by atoms with Crippen molar-refractivity contribution in [2.24, 2.45) is 7.05 Å². The Hall–Kier alpha value is -2.53. The predicted molar refractivity (Wildman–Crippen MR) is 89.3 cm³/mol. The van der Waals surface area contributed by atoms with Crippen LogP contribution in [0, 0.1) is 6.92 Å². The standard InChI is InChI=1S/C17H16ClN3O2/c1-12-9-14(18)5-8-16(12)23-15-6-3-13(4-7-15)10-21-11-19-20(2)17(21)22/h3-9,11H,10H2,1-2H3. The summed E-state index contributed by atoms with van der Waals surface area (Å²) in [5.74, 6) is 1.50. The molecule has 1 aromatic heterocycles. The Kier molecular flexibility index (Phi) is 4.21. The van der Waals surface area contributed by atoms with Crippen molar-refractivity contribution in [2.45, 2.75) is 13.5 Å². The SMILES string of the molecule is Cc1cc(Cl)ccc1Oc1ccc(Cn2cnn(C)c2=O)cc1. The van der Waals surface area contributed by atoms with Gasteiger partial charge in [0.15, 0.2) is 0 Å². The molecule has 0 radical (unpaired) electrons. The van der Waals surface area contributed by atoms with E-state index >= 15 is 0 Å². The molecule has 0 unspecified atom stereocenters. The summed E-state index contributed by atoms with van der Waals surface area (Å²) >= 11 is 5.94. The number of nitrogens with zero attached hydrogens (tertiary/aromatic N) is 3. The molecule has 3 aromatic rings. The highest BCUT2D eigenvalue weighted by Gasteiger charge is 2.05. The summed E-state index contributed by atoms with van der Waals surface area (Å²) in [5.41, 5.74) is 1.84. The first-order valence-corrected chi connectivity index (χ1v) is 7.52. The van der Waals surface area contributed by atoms with Crippen molar-refractivity contribution in [3.8, 4) is 11.5 Å². The summed E-state index contributed by atoms with van der Waals surface area (Å²) in [5, 5.41) is 4.62. The van der Waals surface area contributed by atoms with Gasteiger partial charge in [-0.1, -0.05) is 23.7 Å². The number of benzene rings is 2. The number of aryl methyl sites for hydroxylation is 2. The molecule has 0 saturated carbocycles. The highest BCUT2D eigenvalue weighted by molar-refractivity contribution is 6.30. The van der Waals surface area contributed by atoms with Gasteiger partial charge in [-0.25, -0.2) is 9.48 Å². The van der Waals surface area contributed by atoms with Gasteiger partial charge in [-0.05, 0) is 48.4 Å². The van der Waals surface area contributed by atoms with Crippen molar-refractivity contribution in [1.29, 1.82) is 0 Å². The highest BCUT2D eigenvalue weighted by atomic mass is 35.5. The largest absolute Gasteiger partial charge is 0.457 e. The third kappa shape index (κ3) is 3.46. The predicted octanol–water partition coefficient (Wildman–Crippen LogP) is 3.38. The lowest BCUT2D eigenvalue weighted by Gasteiger charge is -2.09. The average molecular weight is 330 g/mol. The van der Waals surface area contributed by atoms with Crippen LogP contribution in [0.4, 0.5) is 0 Å². The summed E-state index contributed by atoms with van der Waals surface area (Å²) in [4.78, 5) is 11.8. The third-order valence-electron chi connectivity index (χ3n) is 3.53. The van der Waals surface area contributed by atoms with E-state index in [4.69, 9.17) is 16.3 Å². The Morgan fingerprint density at radius 1 is 1.17 bits per heavy atom. The molecule has 3 rings (SSSR count). The summed E-state index contributed by atoms with van der Waals surface area (Å²) in [6, 6.07) is 13.1. The highest BCUT2D eigenvalue weighted by Crippen LogP contribution is 2.27. The van der Waals surface area contributed by atoms with Crippen molar-refractivity contribution in [3.63, 3.8) is 0 Å². The molecule has 0 aliphatic carbocycles. The van der Waals surface area contributed by atoms with E-state index in [9.17, 15) is 4.79 Å². The molecule has 2 aromatic carbocycles. The zero-order valence-corrected chi connectivity index (χ0v) is 13.6. The van der Waals surface area contributed by atoms with E-state index in [0.717, 1.165) is 22.6 Å². The number of ether oxygens (including phenoxy) is 1. The first-order chi connectivity index (χ1) is 11.0. The fourth-order valence-corrected chi connectivity index (χ4v) is 2.47. The number of aromatic nitrogens is 3. The monoisotopic (exact) mass is 329 g/mol. The summed E-state index contributed by atoms with van der Waals surface area (Å²) in [6.07, 6.45) is 1.53. The Balaban J connectivity index is 1.74. The van der Waals surface area contributed by atoms with Gasteiger partial charge in [-0.15, -0.1) is 0 Å². The van der Waals surface area contributed by atoms with Gasteiger partial charge in [0.1, 0.15) is 17.8 Å². The van der Waals surface area contributed by atoms with Gasteiger partial charge >= 0.3 is 5.69 Å². The Morgan fingerprint density at radius 2 is 1.91 bits per heavy atom. The summed E-state index contributed by atoms with van der Waals surface area (Å²) in [7, 11) is 1.63. The molecule has 1 heterocycles. The van der Waals surface area contributed by atoms with E-state index in [1.54, 1.807) is 17.7 Å². The number of rotatable bonds is 4. The maximum absolute atomic E-state index is 11.8. The number of hydrogen-bond acceptors (Lipinski definition) is 3. The molecule has 0 fully saturated rings. The molecular weight excluding hydrogens is 314 g/mol. The van der Waals surface area contributed by atoms with Crippen LogP contribution in [0.1, 0.15) is 11.1 Å². The lowest BCUT2D eigenvalue weighted by molar-refractivity contribution is 0.478. The third-order valence-corrected chi connectivity index (χ3v) is 3.76. The Labute approximate surface area is 138 Å². The molecule has 0 atom stereocenters. The molecule has 0 aliphatic rings. The topological polar surface area (TPSA) is 49.0 Å². The van der Waals surface area contributed by atoms with Crippen LogP contribution in [0.2, 0.25) is 5.02 Å². The van der Waals surface area contributed by atoms with Crippen LogP contribution >= 0.6 is 11.6 Å². The minimum absolute atomic E-state index is 0.137. The van der Waals surface area contributed by atoms with Crippen LogP contribution in [0.15, 0.2) is 53.6 Å². The van der Waals surface area contributed by atoms with Crippen molar-refractivity contribution < 1.29 is 4.74 Å². The van der Waals surface area contributed by atoms with Gasteiger partial charge < -0.3 is 4.74 Å². The van der Waals surface area contributed by atoms with Crippen molar-refractivity contribution in [3.05, 3.63) is 75.4 Å². The minimum Gasteiger partial charge on any atom is -0.457 e. The van der Waals surface area contributed by atoms with Crippen molar-refractivity contribution >= 4 is 11.6 Å². The summed E-state index contributed by atoms with van der Waals surface area (Å²) < 4.78 is 8.71. The maximum Gasteiger partial charge on any atom is 0.345 e. The Morgan fingerprint density at radius 3 is 2.52 bits per heavy atom. The molecular formula is C17H16ClN3O2. The molecule has 23 heavy (non-hydrogen) atoms. The van der Waals surface area contributed by atoms with Crippen LogP contribution in [0.25, 0.3) is 0 Å². The van der Waals surface area contributed by atoms with E-state index in [-0.39, 0.29) is 5.69 Å². The van der Waals surface area contributed by atoms with Gasteiger partial charge in [0.2, 0.25) is 0 Å². The van der Waals surface area contributed by atoms with Gasteiger partial charge in [0.25, 0.3) is 0 Å². The first kappa shape index (κ1) is 15.4. The second-order valence-electron chi connectivity index (χ2n) is 5.32. The number of hydrogen-bond donors (Lipinski definition) is 0. The quantitative estimate of drug-likeness (QED) is 0.737. The van der Waals surface area contributed by atoms with E-state index < -0.39 is 0 Å². The van der Waals surface area contributed by atoms with Crippen LogP contribution in [-0.2, 0) is 13.6 Å². The van der Waals surface area contributed by atoms with E-state index in [0.29, 0.717) is 11.6 Å². The molecule has 0 N–H and O–H groups in total. The maximum atomic E-state index is 11.8. The Bertz CT molecular complexity index is 882. The minimum atomic E-state index is -0.137. The van der Waals surface area contributed by atoms with Crippen molar-refractivity contribution in [2.75, 3.05) is 0 Å². The van der Waals surface area contributed by atoms with Crippen molar-refractivity contribution in [1.82, 2.24) is 14.3 Å². The van der Waals surface area contributed by atoms with Crippen LogP contribution in [0.3, 0.4) is 0 Å². The van der Waals surface area contributed by atoms with Crippen LogP contribution < -0.4 is 10.4 Å². The van der Waals surface area contributed by atoms with E-state index in [1.165, 1.54) is 11.0 Å². The van der Waals surface area contributed by atoms with Gasteiger partial charge in [0, 0.05) is 12.1 Å². The second-order valence-corrected chi connectivity index (χ2v) is 5.76. The molecule has 0 amide bonds. The van der Waals surface area contributed by atoms with Crippen LogP contribution in [-0.4, -0.2) is 14.3 Å². The molecule has 0 aliphatic heterocycles. The fraction of sp³-hybridized carbons (Fsp3) is 0.176. The molecule has 118 valence electrons. The normalized spacial score (nSPS) is 10.7. The van der Waals surface area contributed by atoms with E-state index in [1.807, 2.05) is 43.3 Å².